The van der Waals surface area contributed by atoms with Gasteiger partial charge in [-0.2, -0.15) is 10.5 Å². The van der Waals surface area contributed by atoms with Crippen molar-refractivity contribution in [2.24, 2.45) is 0 Å². The third-order valence-electron chi connectivity index (χ3n) is 3.55. The Hall–Kier alpha value is -2.79. The van der Waals surface area contributed by atoms with E-state index < -0.39 is 0 Å². The molecule has 0 radical (unpaired) electrons. The first-order chi connectivity index (χ1) is 9.99. The third-order valence-corrected chi connectivity index (χ3v) is 3.55. The van der Waals surface area contributed by atoms with Gasteiger partial charge in [-0.25, -0.2) is 4.98 Å². The number of hydrogen-bond donors (Lipinski definition) is 1. The first kappa shape index (κ1) is 14.6. The summed E-state index contributed by atoms with van der Waals surface area (Å²) in [5.41, 5.74) is 4.96. The Bertz CT molecular complexity index is 781. The van der Waals surface area contributed by atoms with Gasteiger partial charge in [0, 0.05) is 12.2 Å². The van der Waals surface area contributed by atoms with Crippen LogP contribution in [0.25, 0.3) is 11.0 Å². The lowest BCUT2D eigenvalue weighted by Gasteiger charge is -2.13. The number of benzene rings is 1. The predicted octanol–water partition coefficient (Wildman–Crippen LogP) is 3.58. The maximum atomic E-state index is 8.82. The molecule has 1 aromatic heterocycles. The highest BCUT2D eigenvalue weighted by Crippen LogP contribution is 2.30. The van der Waals surface area contributed by atoms with Gasteiger partial charge in [-0.15, -0.1) is 0 Å². The van der Waals surface area contributed by atoms with Crippen LogP contribution < -0.4 is 5.32 Å². The molecule has 2 rings (SSSR count). The van der Waals surface area contributed by atoms with Gasteiger partial charge in [-0.1, -0.05) is 0 Å². The van der Waals surface area contributed by atoms with Crippen molar-refractivity contribution in [1.82, 2.24) is 9.55 Å². The average Bonchev–Trinajstić information content (AvgIpc) is 2.87. The number of allylic oxidation sites excluding steroid dienone is 1. The molecule has 5 nitrogen and oxygen atoms in total. The number of nitriles is 2. The van der Waals surface area contributed by atoms with Gasteiger partial charge >= 0.3 is 0 Å². The summed E-state index contributed by atoms with van der Waals surface area (Å²) in [5, 5.41) is 20.7. The van der Waals surface area contributed by atoms with E-state index in [2.05, 4.69) is 34.8 Å². The SMILES string of the molecule is Cc1cc2c(ncn2C(C)C)c(NC=C(C#N)C#N)c1C. The summed E-state index contributed by atoms with van der Waals surface area (Å²) in [6, 6.07) is 6.11. The smallest absolute Gasteiger partial charge is 0.145 e. The van der Waals surface area contributed by atoms with Gasteiger partial charge in [0.05, 0.1) is 17.5 Å². The predicted molar refractivity (Wildman–Crippen MR) is 82.5 cm³/mol. The fourth-order valence-electron chi connectivity index (χ4n) is 2.22. The van der Waals surface area contributed by atoms with E-state index in [4.69, 9.17) is 10.5 Å². The summed E-state index contributed by atoms with van der Waals surface area (Å²) in [7, 11) is 0. The molecule has 0 amide bonds. The lowest BCUT2D eigenvalue weighted by Crippen LogP contribution is -2.00. The monoisotopic (exact) mass is 279 g/mol. The van der Waals surface area contributed by atoms with Crippen LogP contribution in [0.1, 0.15) is 31.0 Å². The molecule has 0 bridgehead atoms. The average molecular weight is 279 g/mol. The van der Waals surface area contributed by atoms with Crippen LogP contribution in [0, 0.1) is 36.5 Å². The van der Waals surface area contributed by atoms with E-state index in [0.717, 1.165) is 27.8 Å². The molecule has 1 heterocycles. The number of rotatable bonds is 3. The van der Waals surface area contributed by atoms with Gasteiger partial charge in [0.1, 0.15) is 23.2 Å². The zero-order valence-corrected chi connectivity index (χ0v) is 12.6. The van der Waals surface area contributed by atoms with Gasteiger partial charge in [0.15, 0.2) is 0 Å². The lowest BCUT2D eigenvalue weighted by atomic mass is 10.1. The van der Waals surface area contributed by atoms with Crippen molar-refractivity contribution in [2.75, 3.05) is 5.32 Å². The van der Waals surface area contributed by atoms with Crippen LogP contribution in [0.15, 0.2) is 24.2 Å². The highest BCUT2D eigenvalue weighted by molar-refractivity contribution is 5.92. The zero-order chi connectivity index (χ0) is 15.6. The van der Waals surface area contributed by atoms with Crippen molar-refractivity contribution >= 4 is 16.7 Å². The fraction of sp³-hybridized carbons (Fsp3) is 0.312. The summed E-state index contributed by atoms with van der Waals surface area (Å²) >= 11 is 0. The molecule has 0 aliphatic heterocycles. The van der Waals surface area contributed by atoms with Crippen LogP contribution in [0.2, 0.25) is 0 Å². The van der Waals surface area contributed by atoms with Gasteiger partial charge in [0.2, 0.25) is 0 Å². The second-order valence-corrected chi connectivity index (χ2v) is 5.23. The molecule has 0 aliphatic rings. The standard InChI is InChI=1S/C16H17N5/c1-10(2)21-9-20-16-14(21)5-11(3)12(4)15(16)19-8-13(6-17)7-18/h5,8-10,19H,1-4H3. The third kappa shape index (κ3) is 2.59. The summed E-state index contributed by atoms with van der Waals surface area (Å²) in [6.45, 7) is 8.24. The zero-order valence-electron chi connectivity index (χ0n) is 12.6. The largest absolute Gasteiger partial charge is 0.358 e. The van der Waals surface area contributed by atoms with Crippen molar-refractivity contribution in [2.45, 2.75) is 33.7 Å². The molecule has 0 atom stereocenters. The van der Waals surface area contributed by atoms with E-state index in [-0.39, 0.29) is 5.57 Å². The van der Waals surface area contributed by atoms with Crippen LogP contribution in [0.4, 0.5) is 5.69 Å². The van der Waals surface area contributed by atoms with Crippen molar-refractivity contribution in [3.63, 3.8) is 0 Å². The number of anilines is 1. The molecule has 0 saturated carbocycles. The van der Waals surface area contributed by atoms with Crippen molar-refractivity contribution < 1.29 is 0 Å². The van der Waals surface area contributed by atoms with Crippen LogP contribution in [0.3, 0.4) is 0 Å². The van der Waals surface area contributed by atoms with Crippen LogP contribution in [-0.2, 0) is 0 Å². The highest BCUT2D eigenvalue weighted by Gasteiger charge is 2.13. The quantitative estimate of drug-likeness (QED) is 0.871. The molecule has 0 fully saturated rings. The topological polar surface area (TPSA) is 77.4 Å². The minimum Gasteiger partial charge on any atom is -0.358 e. The summed E-state index contributed by atoms with van der Waals surface area (Å²) < 4.78 is 2.10. The van der Waals surface area contributed by atoms with E-state index in [0.29, 0.717) is 6.04 Å². The van der Waals surface area contributed by atoms with E-state index in [9.17, 15) is 0 Å². The number of hydrogen-bond acceptors (Lipinski definition) is 4. The Morgan fingerprint density at radius 3 is 2.57 bits per heavy atom. The molecule has 0 spiro atoms. The highest BCUT2D eigenvalue weighted by atomic mass is 15.1. The maximum Gasteiger partial charge on any atom is 0.145 e. The van der Waals surface area contributed by atoms with Gasteiger partial charge in [0.25, 0.3) is 0 Å². The molecule has 106 valence electrons. The number of nitrogens with zero attached hydrogens (tertiary/aromatic N) is 4. The second kappa shape index (κ2) is 5.68. The fourth-order valence-corrected chi connectivity index (χ4v) is 2.22. The van der Waals surface area contributed by atoms with Gasteiger partial charge in [-0.3, -0.25) is 0 Å². The normalized spacial score (nSPS) is 10.2. The number of aromatic nitrogens is 2. The molecule has 0 unspecified atom stereocenters. The number of fused-ring (bicyclic) bond motifs is 1. The van der Waals surface area contributed by atoms with Gasteiger partial charge in [-0.05, 0) is 44.9 Å². The number of aryl methyl sites for hydroxylation is 1. The van der Waals surface area contributed by atoms with Crippen LogP contribution in [-0.4, -0.2) is 9.55 Å². The molecule has 21 heavy (non-hydrogen) atoms. The van der Waals surface area contributed by atoms with Crippen molar-refractivity contribution in [3.05, 3.63) is 35.3 Å². The summed E-state index contributed by atoms with van der Waals surface area (Å²) in [6.07, 6.45) is 3.24. The van der Waals surface area contributed by atoms with E-state index in [1.165, 1.54) is 6.20 Å². The Kier molecular flexibility index (Phi) is 3.95. The Morgan fingerprint density at radius 2 is 2.00 bits per heavy atom. The maximum absolute atomic E-state index is 8.82. The van der Waals surface area contributed by atoms with E-state index >= 15 is 0 Å². The molecule has 5 heteroatoms. The second-order valence-electron chi connectivity index (χ2n) is 5.23. The van der Waals surface area contributed by atoms with E-state index in [1.807, 2.05) is 32.3 Å². The molecular weight excluding hydrogens is 262 g/mol. The van der Waals surface area contributed by atoms with Gasteiger partial charge < -0.3 is 9.88 Å². The first-order valence-corrected chi connectivity index (χ1v) is 6.73. The number of imidazole rings is 1. The van der Waals surface area contributed by atoms with Crippen molar-refractivity contribution in [1.29, 1.82) is 10.5 Å². The molecule has 0 saturated heterocycles. The van der Waals surface area contributed by atoms with Crippen LogP contribution >= 0.6 is 0 Å². The molecule has 1 aromatic carbocycles. The Morgan fingerprint density at radius 1 is 1.33 bits per heavy atom. The summed E-state index contributed by atoms with van der Waals surface area (Å²) in [5.74, 6) is 0. The minimum absolute atomic E-state index is 0.0346. The molecule has 0 aliphatic carbocycles. The van der Waals surface area contributed by atoms with Crippen LogP contribution in [0.5, 0.6) is 0 Å². The molecular formula is C16H17N5. The Balaban J connectivity index is 2.63. The first-order valence-electron chi connectivity index (χ1n) is 6.73. The van der Waals surface area contributed by atoms with Crippen molar-refractivity contribution in [3.8, 4) is 12.1 Å². The molecule has 2 aromatic rings. The van der Waals surface area contributed by atoms with E-state index in [1.54, 1.807) is 0 Å². The minimum atomic E-state index is 0.0346. The lowest BCUT2D eigenvalue weighted by molar-refractivity contribution is 0.617. The Labute approximate surface area is 124 Å². The molecule has 1 N–H and O–H groups in total. The number of nitrogens with one attached hydrogen (secondary N) is 1. The summed E-state index contributed by atoms with van der Waals surface area (Å²) in [4.78, 5) is 4.48.